The molecule has 0 unspecified atom stereocenters. The van der Waals surface area contributed by atoms with E-state index < -0.39 is 10.0 Å². The van der Waals surface area contributed by atoms with Crippen molar-refractivity contribution < 1.29 is 17.9 Å². The molecule has 0 aliphatic carbocycles. The molecule has 0 amide bonds. The number of hydrogen-bond donors (Lipinski definition) is 0. The Labute approximate surface area is 179 Å². The van der Waals surface area contributed by atoms with E-state index in [2.05, 4.69) is 23.7 Å². The standard InChI is InChI=1S/C22H29N3O4S/c1-5-24(6-2)20-11-10-18(30(26,27)25(7-3)8-4)14-19(20)23-15-17-9-12-21-22(13-17)29-16-28-21/h9-15H,5-8,16H2,1-4H3. The van der Waals surface area contributed by atoms with Crippen LogP contribution in [-0.2, 0) is 10.0 Å². The molecule has 1 aliphatic heterocycles. The zero-order valence-electron chi connectivity index (χ0n) is 18.0. The van der Waals surface area contributed by atoms with E-state index in [1.165, 1.54) is 4.31 Å². The molecule has 3 rings (SSSR count). The molecule has 8 heteroatoms. The Bertz CT molecular complexity index is 1010. The molecule has 1 aliphatic rings. The molecule has 1 heterocycles. The summed E-state index contributed by atoms with van der Waals surface area (Å²) >= 11 is 0. The minimum absolute atomic E-state index is 0.216. The highest BCUT2D eigenvalue weighted by atomic mass is 32.2. The number of sulfonamides is 1. The molecule has 0 fully saturated rings. The lowest BCUT2D eigenvalue weighted by atomic mass is 10.2. The summed E-state index contributed by atoms with van der Waals surface area (Å²) in [7, 11) is -3.57. The van der Waals surface area contributed by atoms with Crippen molar-refractivity contribution in [2.75, 3.05) is 37.9 Å². The maximum atomic E-state index is 13.0. The Hall–Kier alpha value is -2.58. The lowest BCUT2D eigenvalue weighted by molar-refractivity contribution is 0.174. The molecule has 0 spiro atoms. The van der Waals surface area contributed by atoms with Gasteiger partial charge in [-0.15, -0.1) is 0 Å². The van der Waals surface area contributed by atoms with Crippen LogP contribution in [0.2, 0.25) is 0 Å². The summed E-state index contributed by atoms with van der Waals surface area (Å²) in [5, 5.41) is 0. The van der Waals surface area contributed by atoms with Crippen molar-refractivity contribution >= 4 is 27.6 Å². The molecule has 2 aromatic rings. The molecule has 30 heavy (non-hydrogen) atoms. The van der Waals surface area contributed by atoms with Crippen molar-refractivity contribution in [3.63, 3.8) is 0 Å². The third-order valence-electron chi connectivity index (χ3n) is 5.14. The van der Waals surface area contributed by atoms with E-state index in [-0.39, 0.29) is 11.7 Å². The van der Waals surface area contributed by atoms with Gasteiger partial charge in [0.05, 0.1) is 16.3 Å². The second-order valence-corrected chi connectivity index (χ2v) is 8.72. The van der Waals surface area contributed by atoms with Gasteiger partial charge in [-0.1, -0.05) is 13.8 Å². The summed E-state index contributed by atoms with van der Waals surface area (Å²) in [6.45, 7) is 10.5. The number of fused-ring (bicyclic) bond motifs is 1. The van der Waals surface area contributed by atoms with Crippen LogP contribution in [0.4, 0.5) is 11.4 Å². The van der Waals surface area contributed by atoms with E-state index in [4.69, 9.17) is 9.47 Å². The first-order valence-corrected chi connectivity index (χ1v) is 11.7. The van der Waals surface area contributed by atoms with Crippen LogP contribution in [0, 0.1) is 0 Å². The zero-order chi connectivity index (χ0) is 21.7. The van der Waals surface area contributed by atoms with E-state index in [1.54, 1.807) is 18.3 Å². The minimum Gasteiger partial charge on any atom is -0.454 e. The van der Waals surface area contributed by atoms with Gasteiger partial charge in [0.15, 0.2) is 11.5 Å². The Morgan fingerprint density at radius 1 is 0.933 bits per heavy atom. The predicted molar refractivity (Wildman–Crippen MR) is 120 cm³/mol. The van der Waals surface area contributed by atoms with Crippen LogP contribution in [-0.4, -0.2) is 51.9 Å². The molecule has 0 saturated carbocycles. The summed E-state index contributed by atoms with van der Waals surface area (Å²) < 4.78 is 38.2. The van der Waals surface area contributed by atoms with Crippen LogP contribution < -0.4 is 14.4 Å². The second-order valence-electron chi connectivity index (χ2n) is 6.78. The van der Waals surface area contributed by atoms with Crippen LogP contribution in [0.1, 0.15) is 33.3 Å². The fraction of sp³-hybridized carbons (Fsp3) is 0.409. The van der Waals surface area contributed by atoms with E-state index >= 15 is 0 Å². The first kappa shape index (κ1) is 22.1. The van der Waals surface area contributed by atoms with Gasteiger partial charge in [-0.2, -0.15) is 4.31 Å². The minimum atomic E-state index is -3.57. The van der Waals surface area contributed by atoms with Crippen LogP contribution >= 0.6 is 0 Å². The number of benzene rings is 2. The number of aliphatic imine (C=N–C) groups is 1. The summed E-state index contributed by atoms with van der Waals surface area (Å²) in [5.74, 6) is 1.39. The van der Waals surface area contributed by atoms with E-state index in [9.17, 15) is 8.42 Å². The first-order valence-electron chi connectivity index (χ1n) is 10.3. The van der Waals surface area contributed by atoms with Crippen LogP contribution in [0.5, 0.6) is 11.5 Å². The monoisotopic (exact) mass is 431 g/mol. The SMILES string of the molecule is CCN(CC)c1ccc(S(=O)(=O)N(CC)CC)cc1N=Cc1ccc2c(c1)OCO2. The van der Waals surface area contributed by atoms with Crippen molar-refractivity contribution in [3.8, 4) is 11.5 Å². The average molecular weight is 432 g/mol. The Morgan fingerprint density at radius 2 is 1.63 bits per heavy atom. The van der Waals surface area contributed by atoms with Gasteiger partial charge in [-0.25, -0.2) is 8.42 Å². The van der Waals surface area contributed by atoms with Gasteiger partial charge < -0.3 is 14.4 Å². The molecule has 0 aromatic heterocycles. The summed E-state index contributed by atoms with van der Waals surface area (Å²) in [4.78, 5) is 7.06. The van der Waals surface area contributed by atoms with Gasteiger partial charge in [0, 0.05) is 32.4 Å². The Morgan fingerprint density at radius 3 is 2.30 bits per heavy atom. The molecule has 0 N–H and O–H groups in total. The molecule has 0 saturated heterocycles. The molecular formula is C22H29N3O4S. The molecule has 0 bridgehead atoms. The third kappa shape index (κ3) is 4.44. The van der Waals surface area contributed by atoms with Crippen molar-refractivity contribution in [2.24, 2.45) is 4.99 Å². The molecule has 7 nitrogen and oxygen atoms in total. The number of anilines is 1. The fourth-order valence-corrected chi connectivity index (χ4v) is 4.93. The van der Waals surface area contributed by atoms with E-state index in [1.807, 2.05) is 38.1 Å². The smallest absolute Gasteiger partial charge is 0.243 e. The van der Waals surface area contributed by atoms with E-state index in [0.717, 1.165) is 24.3 Å². The molecule has 162 valence electrons. The van der Waals surface area contributed by atoms with Gasteiger partial charge in [0.2, 0.25) is 16.8 Å². The summed E-state index contributed by atoms with van der Waals surface area (Å²) in [5.41, 5.74) is 2.36. The van der Waals surface area contributed by atoms with Gasteiger partial charge >= 0.3 is 0 Å². The van der Waals surface area contributed by atoms with Crippen LogP contribution in [0.15, 0.2) is 46.3 Å². The maximum absolute atomic E-state index is 13.0. The lowest BCUT2D eigenvalue weighted by Crippen LogP contribution is -2.30. The first-order chi connectivity index (χ1) is 14.4. The number of nitrogens with zero attached hydrogens (tertiary/aromatic N) is 3. The topological polar surface area (TPSA) is 71.4 Å². The summed E-state index contributed by atoms with van der Waals surface area (Å²) in [6.07, 6.45) is 1.72. The van der Waals surface area contributed by atoms with Gasteiger partial charge in [0.1, 0.15) is 0 Å². The third-order valence-corrected chi connectivity index (χ3v) is 7.19. The highest BCUT2D eigenvalue weighted by molar-refractivity contribution is 7.89. The Kier molecular flexibility index (Phi) is 6.99. The van der Waals surface area contributed by atoms with Crippen molar-refractivity contribution in [1.29, 1.82) is 0 Å². The van der Waals surface area contributed by atoms with Gasteiger partial charge in [-0.3, -0.25) is 4.99 Å². The highest BCUT2D eigenvalue weighted by Gasteiger charge is 2.23. The Balaban J connectivity index is 2.03. The summed E-state index contributed by atoms with van der Waals surface area (Å²) in [6, 6.07) is 10.8. The molecule has 2 aromatic carbocycles. The quantitative estimate of drug-likeness (QED) is 0.560. The number of ether oxygens (including phenoxy) is 2. The average Bonchev–Trinajstić information content (AvgIpc) is 3.22. The van der Waals surface area contributed by atoms with Crippen molar-refractivity contribution in [3.05, 3.63) is 42.0 Å². The van der Waals surface area contributed by atoms with Crippen molar-refractivity contribution in [2.45, 2.75) is 32.6 Å². The fourth-order valence-electron chi connectivity index (χ4n) is 3.45. The van der Waals surface area contributed by atoms with Crippen molar-refractivity contribution in [1.82, 2.24) is 4.31 Å². The zero-order valence-corrected chi connectivity index (χ0v) is 18.8. The van der Waals surface area contributed by atoms with Gasteiger partial charge in [0.25, 0.3) is 0 Å². The largest absolute Gasteiger partial charge is 0.454 e. The molecule has 0 atom stereocenters. The molecule has 0 radical (unpaired) electrons. The number of rotatable bonds is 9. The highest BCUT2D eigenvalue weighted by Crippen LogP contribution is 2.34. The predicted octanol–water partition coefficient (Wildman–Crippen LogP) is 4.04. The van der Waals surface area contributed by atoms with Gasteiger partial charge in [-0.05, 0) is 55.8 Å². The van der Waals surface area contributed by atoms with E-state index in [0.29, 0.717) is 30.3 Å². The van der Waals surface area contributed by atoms with Crippen LogP contribution in [0.3, 0.4) is 0 Å². The maximum Gasteiger partial charge on any atom is 0.243 e. The molecular weight excluding hydrogens is 402 g/mol. The lowest BCUT2D eigenvalue weighted by Gasteiger charge is -2.24. The van der Waals surface area contributed by atoms with Crippen LogP contribution in [0.25, 0.3) is 0 Å². The normalized spacial score (nSPS) is 13.4. The second kappa shape index (κ2) is 9.49. The number of hydrogen-bond acceptors (Lipinski definition) is 6.